The Morgan fingerprint density at radius 1 is 1.26 bits per heavy atom. The van der Waals surface area contributed by atoms with Gasteiger partial charge in [0.15, 0.2) is 0 Å². The minimum Gasteiger partial charge on any atom is -0.336 e. The zero-order chi connectivity index (χ0) is 14.7. The fourth-order valence-corrected chi connectivity index (χ4v) is 2.49. The maximum absolute atomic E-state index is 10.9. The third kappa shape index (κ3) is 4.08. The van der Waals surface area contributed by atoms with Crippen molar-refractivity contribution in [3.05, 3.63) is 34.9 Å². The summed E-state index contributed by atoms with van der Waals surface area (Å²) in [5.41, 5.74) is 3.05. The molecule has 0 saturated heterocycles. The van der Waals surface area contributed by atoms with Gasteiger partial charge < -0.3 is 4.18 Å². The molecule has 1 aromatic carbocycles. The first-order chi connectivity index (χ1) is 8.69. The van der Waals surface area contributed by atoms with Gasteiger partial charge in [-0.15, -0.1) is 10.3 Å². The summed E-state index contributed by atoms with van der Waals surface area (Å²) >= 11 is 0. The van der Waals surface area contributed by atoms with Crippen molar-refractivity contribution < 1.29 is 8.98 Å². The summed E-state index contributed by atoms with van der Waals surface area (Å²) in [5.74, 6) is 0. The Morgan fingerprint density at radius 2 is 1.89 bits per heavy atom. The molecule has 0 bridgehead atoms. The van der Waals surface area contributed by atoms with Crippen LogP contribution in [0.4, 0.5) is 0 Å². The second-order valence-electron chi connectivity index (χ2n) is 6.17. The Hall–Kier alpha value is -0.800. The van der Waals surface area contributed by atoms with Crippen molar-refractivity contribution >= 4 is 16.6 Å². The van der Waals surface area contributed by atoms with E-state index in [1.807, 2.05) is 19.1 Å². The Labute approximate surface area is 119 Å². The van der Waals surface area contributed by atoms with Crippen LogP contribution in [0.3, 0.4) is 0 Å². The van der Waals surface area contributed by atoms with E-state index in [-0.39, 0.29) is 4.75 Å². The van der Waals surface area contributed by atoms with Gasteiger partial charge in [-0.2, -0.15) is 0 Å². The third-order valence-electron chi connectivity index (χ3n) is 3.84. The molecular formula is C16H26O2S. The minimum atomic E-state index is -1.07. The minimum absolute atomic E-state index is 0.187. The van der Waals surface area contributed by atoms with Gasteiger partial charge in [-0.3, -0.25) is 4.79 Å². The number of aldehydes is 1. The molecule has 0 fully saturated rings. The SMILES string of the molecule is Cc1c(C=O)cccc1CCOS(C)(C)C(C)(C)C. The highest BCUT2D eigenvalue weighted by Crippen LogP contribution is 2.53. The van der Waals surface area contributed by atoms with Gasteiger partial charge >= 0.3 is 0 Å². The van der Waals surface area contributed by atoms with E-state index in [0.29, 0.717) is 6.61 Å². The molecular weight excluding hydrogens is 256 g/mol. The predicted octanol–water partition coefficient (Wildman–Crippen LogP) is 4.14. The number of benzene rings is 1. The van der Waals surface area contributed by atoms with E-state index in [2.05, 4.69) is 39.3 Å². The third-order valence-corrected chi connectivity index (χ3v) is 7.54. The first-order valence-electron chi connectivity index (χ1n) is 6.60. The second-order valence-corrected chi connectivity index (χ2v) is 10.1. The topological polar surface area (TPSA) is 26.3 Å². The maximum Gasteiger partial charge on any atom is 0.150 e. The number of carbonyl (C=O) groups excluding carboxylic acids is 1. The number of carbonyl (C=O) groups is 1. The van der Waals surface area contributed by atoms with Crippen LogP contribution in [0.2, 0.25) is 0 Å². The van der Waals surface area contributed by atoms with Gasteiger partial charge in [0.2, 0.25) is 0 Å². The fourth-order valence-electron chi connectivity index (χ4n) is 1.64. The number of hydrogen-bond acceptors (Lipinski definition) is 2. The summed E-state index contributed by atoms with van der Waals surface area (Å²) in [7, 11) is -1.07. The predicted molar refractivity (Wildman–Crippen MR) is 85.4 cm³/mol. The zero-order valence-electron chi connectivity index (χ0n) is 12.9. The molecule has 0 aliphatic rings. The summed E-state index contributed by atoms with van der Waals surface area (Å²) < 4.78 is 6.31. The van der Waals surface area contributed by atoms with E-state index < -0.39 is 10.3 Å². The van der Waals surface area contributed by atoms with Gasteiger partial charge in [0, 0.05) is 10.3 Å². The number of hydrogen-bond donors (Lipinski definition) is 0. The van der Waals surface area contributed by atoms with E-state index >= 15 is 0 Å². The average molecular weight is 282 g/mol. The molecule has 0 radical (unpaired) electrons. The molecule has 19 heavy (non-hydrogen) atoms. The van der Waals surface area contributed by atoms with Crippen molar-refractivity contribution in [2.24, 2.45) is 0 Å². The standard InChI is InChI=1S/C16H26O2S/c1-13-14(8-7-9-15(13)12-17)10-11-18-19(5,6)16(2,3)4/h7-9,12H,10-11H2,1-6H3. The van der Waals surface area contributed by atoms with Crippen LogP contribution in [0.15, 0.2) is 18.2 Å². The van der Waals surface area contributed by atoms with Gasteiger partial charge in [-0.05, 0) is 37.0 Å². The van der Waals surface area contributed by atoms with Crippen LogP contribution in [0, 0.1) is 6.92 Å². The molecule has 0 amide bonds. The molecule has 0 heterocycles. The zero-order valence-corrected chi connectivity index (χ0v) is 13.8. The quantitative estimate of drug-likeness (QED) is 0.759. The highest BCUT2D eigenvalue weighted by Gasteiger charge is 2.28. The van der Waals surface area contributed by atoms with Crippen LogP contribution in [-0.2, 0) is 10.6 Å². The van der Waals surface area contributed by atoms with Crippen molar-refractivity contribution in [2.45, 2.75) is 38.9 Å². The van der Waals surface area contributed by atoms with Crippen molar-refractivity contribution in [1.29, 1.82) is 0 Å². The van der Waals surface area contributed by atoms with Crippen LogP contribution in [0.5, 0.6) is 0 Å². The molecule has 3 heteroatoms. The van der Waals surface area contributed by atoms with E-state index in [0.717, 1.165) is 23.8 Å². The summed E-state index contributed by atoms with van der Waals surface area (Å²) in [5, 5.41) is 0. The second kappa shape index (κ2) is 6.10. The van der Waals surface area contributed by atoms with Crippen LogP contribution in [0.25, 0.3) is 0 Å². The van der Waals surface area contributed by atoms with Gasteiger partial charge in [0.25, 0.3) is 0 Å². The van der Waals surface area contributed by atoms with Crippen molar-refractivity contribution in [1.82, 2.24) is 0 Å². The molecule has 0 aliphatic carbocycles. The summed E-state index contributed by atoms with van der Waals surface area (Å²) in [6.45, 7) is 9.38. The monoisotopic (exact) mass is 282 g/mol. The highest BCUT2D eigenvalue weighted by molar-refractivity contribution is 8.29. The summed E-state index contributed by atoms with van der Waals surface area (Å²) in [6.07, 6.45) is 6.20. The molecule has 0 unspecified atom stereocenters. The molecule has 0 saturated carbocycles. The van der Waals surface area contributed by atoms with Crippen LogP contribution in [-0.4, -0.2) is 30.2 Å². The Balaban J connectivity index is 2.67. The van der Waals surface area contributed by atoms with Crippen LogP contribution >= 0.6 is 10.3 Å². The molecule has 2 nitrogen and oxygen atoms in total. The summed E-state index contributed by atoms with van der Waals surface area (Å²) in [6, 6.07) is 5.87. The summed E-state index contributed by atoms with van der Waals surface area (Å²) in [4.78, 5) is 10.9. The molecule has 1 aromatic rings. The largest absolute Gasteiger partial charge is 0.336 e. The lowest BCUT2D eigenvalue weighted by molar-refractivity contribution is 0.112. The average Bonchev–Trinajstić information content (AvgIpc) is 2.29. The van der Waals surface area contributed by atoms with E-state index in [1.165, 1.54) is 5.56 Å². The maximum atomic E-state index is 10.9. The lowest BCUT2D eigenvalue weighted by atomic mass is 10.0. The van der Waals surface area contributed by atoms with Crippen LogP contribution < -0.4 is 0 Å². The fraction of sp³-hybridized carbons (Fsp3) is 0.562. The van der Waals surface area contributed by atoms with Gasteiger partial charge in [-0.25, -0.2) is 0 Å². The number of rotatable bonds is 5. The normalized spacial score (nSPS) is 13.4. The molecule has 1 rings (SSSR count). The van der Waals surface area contributed by atoms with Crippen LogP contribution in [0.1, 0.15) is 42.3 Å². The molecule has 0 aliphatic heterocycles. The van der Waals surface area contributed by atoms with Crippen molar-refractivity contribution in [2.75, 3.05) is 19.1 Å². The van der Waals surface area contributed by atoms with Gasteiger partial charge in [0.1, 0.15) is 6.29 Å². The highest BCUT2D eigenvalue weighted by atomic mass is 32.3. The van der Waals surface area contributed by atoms with E-state index in [1.54, 1.807) is 0 Å². The van der Waals surface area contributed by atoms with Gasteiger partial charge in [0.05, 0.1) is 6.61 Å². The Morgan fingerprint density at radius 3 is 2.42 bits per heavy atom. The lowest BCUT2D eigenvalue weighted by Crippen LogP contribution is -2.25. The molecule has 0 N–H and O–H groups in total. The first-order valence-corrected chi connectivity index (χ1v) is 8.97. The smallest absolute Gasteiger partial charge is 0.150 e. The first kappa shape index (κ1) is 16.3. The Kier molecular flexibility index (Phi) is 5.22. The van der Waals surface area contributed by atoms with Crippen molar-refractivity contribution in [3.63, 3.8) is 0 Å². The van der Waals surface area contributed by atoms with Gasteiger partial charge in [-0.1, -0.05) is 39.0 Å². The molecule has 108 valence electrons. The molecule has 0 atom stereocenters. The van der Waals surface area contributed by atoms with E-state index in [4.69, 9.17) is 4.18 Å². The Bertz CT molecular complexity index is 445. The molecule has 0 spiro atoms. The lowest BCUT2D eigenvalue weighted by Gasteiger charge is -2.43. The molecule has 0 aromatic heterocycles. The van der Waals surface area contributed by atoms with Crippen molar-refractivity contribution in [3.8, 4) is 0 Å². The van der Waals surface area contributed by atoms with E-state index in [9.17, 15) is 4.79 Å².